The zero-order valence-corrected chi connectivity index (χ0v) is 12.8. The van der Waals surface area contributed by atoms with Crippen molar-refractivity contribution in [2.45, 2.75) is 26.0 Å². The third kappa shape index (κ3) is 5.69. The molecule has 0 atom stereocenters. The van der Waals surface area contributed by atoms with Crippen molar-refractivity contribution in [2.75, 3.05) is 0 Å². The van der Waals surface area contributed by atoms with Gasteiger partial charge in [-0.05, 0) is 41.8 Å². The second-order valence-electron chi connectivity index (χ2n) is 5.11. The average Bonchev–Trinajstić information content (AvgIpc) is 2.59. The summed E-state index contributed by atoms with van der Waals surface area (Å²) in [6.07, 6.45) is 0.914. The van der Waals surface area contributed by atoms with Crippen molar-refractivity contribution < 1.29 is 18.3 Å². The van der Waals surface area contributed by atoms with Gasteiger partial charge in [0.05, 0.1) is 11.6 Å². The SMILES string of the molecule is N#Cc1ccc(CCC(=O)NCc2ccc(OC(F)F)cc2)cc1. The fourth-order valence-corrected chi connectivity index (χ4v) is 2.08. The first kappa shape index (κ1) is 17.4. The molecule has 0 unspecified atom stereocenters. The Labute approximate surface area is 138 Å². The van der Waals surface area contributed by atoms with E-state index in [2.05, 4.69) is 10.1 Å². The number of ether oxygens (including phenoxy) is 1. The summed E-state index contributed by atoms with van der Waals surface area (Å²) in [5.41, 5.74) is 2.36. The summed E-state index contributed by atoms with van der Waals surface area (Å²) in [7, 11) is 0. The van der Waals surface area contributed by atoms with E-state index in [0.29, 0.717) is 24.9 Å². The van der Waals surface area contributed by atoms with Crippen molar-refractivity contribution >= 4 is 5.91 Å². The molecule has 124 valence electrons. The topological polar surface area (TPSA) is 62.1 Å². The van der Waals surface area contributed by atoms with Gasteiger partial charge in [-0.2, -0.15) is 14.0 Å². The highest BCUT2D eigenvalue weighted by Crippen LogP contribution is 2.14. The minimum atomic E-state index is -2.85. The van der Waals surface area contributed by atoms with Crippen molar-refractivity contribution in [2.24, 2.45) is 0 Å². The Hall–Kier alpha value is -2.94. The van der Waals surface area contributed by atoms with Gasteiger partial charge in [0, 0.05) is 13.0 Å². The van der Waals surface area contributed by atoms with Crippen LogP contribution in [0.3, 0.4) is 0 Å². The van der Waals surface area contributed by atoms with Gasteiger partial charge in [0.25, 0.3) is 0 Å². The molecule has 0 aromatic heterocycles. The molecule has 0 saturated carbocycles. The molecule has 0 fully saturated rings. The van der Waals surface area contributed by atoms with Gasteiger partial charge < -0.3 is 10.1 Å². The first-order valence-corrected chi connectivity index (χ1v) is 7.36. The molecule has 0 aliphatic carbocycles. The summed E-state index contributed by atoms with van der Waals surface area (Å²) in [4.78, 5) is 11.8. The number of nitrogens with zero attached hydrogens (tertiary/aromatic N) is 1. The van der Waals surface area contributed by atoms with Gasteiger partial charge >= 0.3 is 6.61 Å². The zero-order chi connectivity index (χ0) is 17.4. The molecular formula is C18H16F2N2O2. The van der Waals surface area contributed by atoms with Crippen molar-refractivity contribution in [3.63, 3.8) is 0 Å². The number of halogens is 2. The van der Waals surface area contributed by atoms with E-state index in [1.54, 1.807) is 24.3 Å². The molecule has 0 aliphatic rings. The van der Waals surface area contributed by atoms with Crippen LogP contribution in [0.4, 0.5) is 8.78 Å². The number of alkyl halides is 2. The van der Waals surface area contributed by atoms with E-state index in [9.17, 15) is 13.6 Å². The summed E-state index contributed by atoms with van der Waals surface area (Å²) in [6, 6.07) is 15.2. The molecular weight excluding hydrogens is 314 g/mol. The van der Waals surface area contributed by atoms with E-state index >= 15 is 0 Å². The Kier molecular flexibility index (Phi) is 6.26. The number of carbonyl (C=O) groups excluding carboxylic acids is 1. The molecule has 6 heteroatoms. The van der Waals surface area contributed by atoms with E-state index in [-0.39, 0.29) is 11.7 Å². The molecule has 0 heterocycles. The number of hydrogen-bond donors (Lipinski definition) is 1. The lowest BCUT2D eigenvalue weighted by Gasteiger charge is -2.07. The number of amides is 1. The van der Waals surface area contributed by atoms with Crippen LogP contribution in [-0.2, 0) is 17.8 Å². The minimum Gasteiger partial charge on any atom is -0.435 e. The van der Waals surface area contributed by atoms with Crippen LogP contribution in [0.1, 0.15) is 23.1 Å². The maximum atomic E-state index is 12.0. The van der Waals surface area contributed by atoms with Gasteiger partial charge in [-0.25, -0.2) is 0 Å². The first-order valence-electron chi connectivity index (χ1n) is 7.36. The van der Waals surface area contributed by atoms with E-state index in [4.69, 9.17) is 5.26 Å². The third-order valence-corrected chi connectivity index (χ3v) is 3.36. The molecule has 2 aromatic rings. The van der Waals surface area contributed by atoms with E-state index < -0.39 is 6.61 Å². The minimum absolute atomic E-state index is 0.0842. The first-order chi connectivity index (χ1) is 11.6. The lowest BCUT2D eigenvalue weighted by molar-refractivity contribution is -0.121. The van der Waals surface area contributed by atoms with Gasteiger partial charge in [0.15, 0.2) is 0 Å². The van der Waals surface area contributed by atoms with Gasteiger partial charge in [0.2, 0.25) is 5.91 Å². The van der Waals surface area contributed by atoms with Crippen LogP contribution in [0.5, 0.6) is 5.75 Å². The Bertz CT molecular complexity index is 707. The van der Waals surface area contributed by atoms with E-state index in [0.717, 1.165) is 11.1 Å². The molecule has 1 N–H and O–H groups in total. The number of carbonyl (C=O) groups is 1. The highest BCUT2D eigenvalue weighted by molar-refractivity contribution is 5.76. The van der Waals surface area contributed by atoms with Crippen LogP contribution in [0.25, 0.3) is 0 Å². The molecule has 2 aromatic carbocycles. The zero-order valence-electron chi connectivity index (χ0n) is 12.8. The Morgan fingerprint density at radius 2 is 1.71 bits per heavy atom. The van der Waals surface area contributed by atoms with Gasteiger partial charge in [-0.3, -0.25) is 4.79 Å². The van der Waals surface area contributed by atoms with Crippen LogP contribution in [0.15, 0.2) is 48.5 Å². The molecule has 1 amide bonds. The maximum Gasteiger partial charge on any atom is 0.387 e. The molecule has 2 rings (SSSR count). The number of rotatable bonds is 7. The van der Waals surface area contributed by atoms with E-state index in [1.807, 2.05) is 18.2 Å². The number of benzene rings is 2. The Morgan fingerprint density at radius 1 is 1.08 bits per heavy atom. The summed E-state index contributed by atoms with van der Waals surface area (Å²) < 4.78 is 28.4. The number of hydrogen-bond acceptors (Lipinski definition) is 3. The standard InChI is InChI=1S/C18H16F2N2O2/c19-18(20)24-16-8-5-15(6-9-16)12-22-17(23)10-7-13-1-3-14(11-21)4-2-13/h1-6,8-9,18H,7,10,12H2,(H,22,23). The van der Waals surface area contributed by atoms with Crippen molar-refractivity contribution in [1.29, 1.82) is 5.26 Å². The van der Waals surface area contributed by atoms with Crippen molar-refractivity contribution in [1.82, 2.24) is 5.32 Å². The van der Waals surface area contributed by atoms with Gasteiger partial charge in [-0.1, -0.05) is 24.3 Å². The lowest BCUT2D eigenvalue weighted by Crippen LogP contribution is -2.22. The fourth-order valence-electron chi connectivity index (χ4n) is 2.08. The number of nitriles is 1. The molecule has 4 nitrogen and oxygen atoms in total. The Balaban J connectivity index is 1.75. The third-order valence-electron chi connectivity index (χ3n) is 3.36. The highest BCUT2D eigenvalue weighted by Gasteiger charge is 2.05. The summed E-state index contributed by atoms with van der Waals surface area (Å²) in [5, 5.41) is 11.5. The molecule has 0 aliphatic heterocycles. The second-order valence-corrected chi connectivity index (χ2v) is 5.11. The molecule has 0 spiro atoms. The van der Waals surface area contributed by atoms with Crippen molar-refractivity contribution in [3.05, 3.63) is 65.2 Å². The molecule has 0 saturated heterocycles. The molecule has 0 bridgehead atoms. The molecule has 24 heavy (non-hydrogen) atoms. The predicted molar refractivity (Wildman–Crippen MR) is 84.4 cm³/mol. The average molecular weight is 330 g/mol. The lowest BCUT2D eigenvalue weighted by atomic mass is 10.1. The van der Waals surface area contributed by atoms with Gasteiger partial charge in [-0.15, -0.1) is 0 Å². The van der Waals surface area contributed by atoms with Crippen LogP contribution >= 0.6 is 0 Å². The summed E-state index contributed by atoms with van der Waals surface area (Å²) >= 11 is 0. The van der Waals surface area contributed by atoms with Crippen LogP contribution in [0.2, 0.25) is 0 Å². The fraction of sp³-hybridized carbons (Fsp3) is 0.222. The second kappa shape index (κ2) is 8.63. The Morgan fingerprint density at radius 3 is 2.29 bits per heavy atom. The predicted octanol–water partition coefficient (Wildman–Crippen LogP) is 3.41. The van der Waals surface area contributed by atoms with Crippen molar-refractivity contribution in [3.8, 4) is 11.8 Å². The number of nitrogens with one attached hydrogen (secondary N) is 1. The largest absolute Gasteiger partial charge is 0.435 e. The summed E-state index contributed by atoms with van der Waals surface area (Å²) in [5.74, 6) is -0.0202. The normalized spacial score (nSPS) is 10.2. The number of aryl methyl sites for hydroxylation is 1. The van der Waals surface area contributed by atoms with Crippen LogP contribution in [0, 0.1) is 11.3 Å². The quantitative estimate of drug-likeness (QED) is 0.846. The molecule has 0 radical (unpaired) electrons. The van der Waals surface area contributed by atoms with E-state index in [1.165, 1.54) is 12.1 Å². The van der Waals surface area contributed by atoms with Gasteiger partial charge in [0.1, 0.15) is 5.75 Å². The van der Waals surface area contributed by atoms with Crippen LogP contribution in [-0.4, -0.2) is 12.5 Å². The highest BCUT2D eigenvalue weighted by atomic mass is 19.3. The smallest absolute Gasteiger partial charge is 0.387 e. The monoisotopic (exact) mass is 330 g/mol. The van der Waals surface area contributed by atoms with Crippen LogP contribution < -0.4 is 10.1 Å². The maximum absolute atomic E-state index is 12.0. The summed E-state index contributed by atoms with van der Waals surface area (Å²) in [6.45, 7) is -2.53.